The molecule has 110 valence electrons. The summed E-state index contributed by atoms with van der Waals surface area (Å²) in [6.45, 7) is 2.50. The summed E-state index contributed by atoms with van der Waals surface area (Å²) in [5, 5.41) is 3.86. The highest BCUT2D eigenvalue weighted by Gasteiger charge is 2.21. The molecule has 0 aliphatic heterocycles. The van der Waals surface area contributed by atoms with Crippen LogP contribution in [0.4, 0.5) is 0 Å². The minimum absolute atomic E-state index is 0.328. The van der Waals surface area contributed by atoms with Crippen LogP contribution < -0.4 is 5.32 Å². The molecule has 0 aliphatic rings. The average Bonchev–Trinajstić information content (AvgIpc) is 2.51. The number of methoxy groups -OCH3 is 1. The van der Waals surface area contributed by atoms with Gasteiger partial charge in [0, 0.05) is 11.6 Å². The lowest BCUT2D eigenvalue weighted by Crippen LogP contribution is -2.29. The van der Waals surface area contributed by atoms with Gasteiger partial charge < -0.3 is 4.74 Å². The van der Waals surface area contributed by atoms with Gasteiger partial charge in [0.15, 0.2) is 0 Å². The average molecular weight is 304 g/mol. The fourth-order valence-electron chi connectivity index (χ4n) is 2.06. The van der Waals surface area contributed by atoms with Crippen LogP contribution in [0.25, 0.3) is 0 Å². The lowest BCUT2D eigenvalue weighted by Gasteiger charge is -2.17. The van der Waals surface area contributed by atoms with Crippen LogP contribution in [0.5, 0.6) is 0 Å². The van der Waals surface area contributed by atoms with Gasteiger partial charge in [0.1, 0.15) is 6.04 Å². The molecule has 0 aromatic heterocycles. The molecule has 0 saturated heterocycles. The summed E-state index contributed by atoms with van der Waals surface area (Å²) in [6.07, 6.45) is 0. The maximum Gasteiger partial charge on any atom is 0.327 e. The highest BCUT2D eigenvalue weighted by atomic mass is 35.5. The molecular weight excluding hydrogens is 286 g/mol. The first-order valence-electron chi connectivity index (χ1n) is 6.73. The van der Waals surface area contributed by atoms with Crippen LogP contribution in [0, 0.1) is 6.92 Å². The van der Waals surface area contributed by atoms with E-state index in [9.17, 15) is 4.79 Å². The lowest BCUT2D eigenvalue weighted by atomic mass is 10.0. The molecule has 1 atom stereocenters. The van der Waals surface area contributed by atoms with Crippen LogP contribution in [0.15, 0.2) is 48.5 Å². The van der Waals surface area contributed by atoms with Gasteiger partial charge in [0.2, 0.25) is 0 Å². The number of rotatable bonds is 5. The van der Waals surface area contributed by atoms with Gasteiger partial charge in [-0.1, -0.05) is 54.1 Å². The van der Waals surface area contributed by atoms with E-state index in [1.54, 1.807) is 6.07 Å². The zero-order valence-electron chi connectivity index (χ0n) is 12.1. The predicted octanol–water partition coefficient (Wildman–Crippen LogP) is 3.65. The van der Waals surface area contributed by atoms with Crippen molar-refractivity contribution in [1.82, 2.24) is 5.32 Å². The third kappa shape index (κ3) is 4.06. The molecule has 0 aliphatic carbocycles. The molecule has 2 aromatic carbocycles. The fourth-order valence-corrected chi connectivity index (χ4v) is 2.25. The van der Waals surface area contributed by atoms with Gasteiger partial charge in [-0.15, -0.1) is 0 Å². The van der Waals surface area contributed by atoms with Crippen LogP contribution in [-0.4, -0.2) is 13.1 Å². The van der Waals surface area contributed by atoms with Crippen LogP contribution in [0.2, 0.25) is 5.02 Å². The number of hydrogen-bond donors (Lipinski definition) is 1. The SMILES string of the molecule is COC(=O)C(NCc1ccccc1)c1ccc(C)c(Cl)c1. The first kappa shape index (κ1) is 15.5. The van der Waals surface area contributed by atoms with Crippen molar-refractivity contribution in [3.63, 3.8) is 0 Å². The maximum absolute atomic E-state index is 12.0. The lowest BCUT2D eigenvalue weighted by molar-refractivity contribution is -0.143. The molecule has 21 heavy (non-hydrogen) atoms. The topological polar surface area (TPSA) is 38.3 Å². The Hall–Kier alpha value is -1.84. The Morgan fingerprint density at radius 1 is 1.24 bits per heavy atom. The molecule has 3 nitrogen and oxygen atoms in total. The van der Waals surface area contributed by atoms with E-state index in [0.29, 0.717) is 11.6 Å². The molecule has 0 fully saturated rings. The smallest absolute Gasteiger partial charge is 0.327 e. The van der Waals surface area contributed by atoms with Gasteiger partial charge >= 0.3 is 5.97 Å². The van der Waals surface area contributed by atoms with Crippen LogP contribution in [-0.2, 0) is 16.1 Å². The zero-order valence-corrected chi connectivity index (χ0v) is 12.9. The second-order valence-corrected chi connectivity index (χ2v) is 5.24. The van der Waals surface area contributed by atoms with E-state index in [0.717, 1.165) is 16.7 Å². The Morgan fingerprint density at radius 3 is 2.57 bits per heavy atom. The Bertz CT molecular complexity index is 613. The van der Waals surface area contributed by atoms with Crippen molar-refractivity contribution < 1.29 is 9.53 Å². The molecule has 1 N–H and O–H groups in total. The molecular formula is C17H18ClNO2. The molecule has 0 amide bonds. The van der Waals surface area contributed by atoms with Gasteiger partial charge in [-0.3, -0.25) is 5.32 Å². The van der Waals surface area contributed by atoms with Crippen molar-refractivity contribution >= 4 is 17.6 Å². The minimum Gasteiger partial charge on any atom is -0.468 e. The first-order chi connectivity index (χ1) is 10.1. The normalized spacial score (nSPS) is 12.0. The second-order valence-electron chi connectivity index (χ2n) is 4.83. The molecule has 0 radical (unpaired) electrons. The highest BCUT2D eigenvalue weighted by Crippen LogP contribution is 2.22. The van der Waals surface area contributed by atoms with E-state index >= 15 is 0 Å². The summed E-state index contributed by atoms with van der Waals surface area (Å²) in [7, 11) is 1.38. The van der Waals surface area contributed by atoms with Gasteiger partial charge in [0.05, 0.1) is 7.11 Å². The number of hydrogen-bond acceptors (Lipinski definition) is 3. The van der Waals surface area contributed by atoms with Crippen LogP contribution in [0.3, 0.4) is 0 Å². The van der Waals surface area contributed by atoms with Gasteiger partial charge in [0.25, 0.3) is 0 Å². The number of esters is 1. The fraction of sp³-hybridized carbons (Fsp3) is 0.235. The molecule has 0 heterocycles. The molecule has 0 bridgehead atoms. The van der Waals surface area contributed by atoms with Crippen LogP contribution >= 0.6 is 11.6 Å². The quantitative estimate of drug-likeness (QED) is 0.857. The Balaban J connectivity index is 2.18. The van der Waals surface area contributed by atoms with Crippen molar-refractivity contribution in [2.75, 3.05) is 7.11 Å². The van der Waals surface area contributed by atoms with Crippen molar-refractivity contribution in [2.45, 2.75) is 19.5 Å². The number of carbonyl (C=O) groups is 1. The third-order valence-electron chi connectivity index (χ3n) is 3.32. The standard InChI is InChI=1S/C17H18ClNO2/c1-12-8-9-14(10-15(12)18)16(17(20)21-2)19-11-13-6-4-3-5-7-13/h3-10,16,19H,11H2,1-2H3. The maximum atomic E-state index is 12.0. The molecule has 2 rings (SSSR count). The summed E-state index contributed by atoms with van der Waals surface area (Å²) in [5.41, 5.74) is 2.88. The molecule has 0 spiro atoms. The molecule has 4 heteroatoms. The molecule has 1 unspecified atom stereocenters. The number of benzene rings is 2. The van der Waals surface area contributed by atoms with E-state index in [-0.39, 0.29) is 5.97 Å². The van der Waals surface area contributed by atoms with Crippen molar-refractivity contribution in [1.29, 1.82) is 0 Å². The number of aryl methyl sites for hydroxylation is 1. The number of ether oxygens (including phenoxy) is 1. The summed E-state index contributed by atoms with van der Waals surface area (Å²) < 4.78 is 4.88. The van der Waals surface area contributed by atoms with Gasteiger partial charge in [-0.05, 0) is 29.7 Å². The van der Waals surface area contributed by atoms with Crippen LogP contribution in [0.1, 0.15) is 22.7 Å². The Kier molecular flexibility index (Phi) is 5.37. The predicted molar refractivity (Wildman–Crippen MR) is 84.2 cm³/mol. The van der Waals surface area contributed by atoms with Gasteiger partial charge in [-0.2, -0.15) is 0 Å². The number of carbonyl (C=O) groups excluding carboxylic acids is 1. The largest absolute Gasteiger partial charge is 0.468 e. The van der Waals surface area contributed by atoms with E-state index in [4.69, 9.17) is 16.3 Å². The Labute approximate surface area is 129 Å². The van der Waals surface area contributed by atoms with E-state index < -0.39 is 6.04 Å². The van der Waals surface area contributed by atoms with Crippen molar-refractivity contribution in [2.24, 2.45) is 0 Å². The Morgan fingerprint density at radius 2 is 1.95 bits per heavy atom. The highest BCUT2D eigenvalue weighted by molar-refractivity contribution is 6.31. The van der Waals surface area contributed by atoms with E-state index in [1.165, 1.54) is 7.11 Å². The summed E-state index contributed by atoms with van der Waals surface area (Å²) in [5.74, 6) is -0.328. The number of nitrogens with one attached hydrogen (secondary N) is 1. The van der Waals surface area contributed by atoms with Crippen molar-refractivity contribution in [3.8, 4) is 0 Å². The van der Waals surface area contributed by atoms with E-state index in [1.807, 2.05) is 49.4 Å². The second kappa shape index (κ2) is 7.25. The molecule has 0 saturated carbocycles. The van der Waals surface area contributed by atoms with Gasteiger partial charge in [-0.25, -0.2) is 4.79 Å². The summed E-state index contributed by atoms with van der Waals surface area (Å²) >= 11 is 6.14. The van der Waals surface area contributed by atoms with Crippen molar-refractivity contribution in [3.05, 3.63) is 70.2 Å². The minimum atomic E-state index is -0.534. The summed E-state index contributed by atoms with van der Waals surface area (Å²) in [6, 6.07) is 15.0. The zero-order chi connectivity index (χ0) is 15.2. The monoisotopic (exact) mass is 303 g/mol. The third-order valence-corrected chi connectivity index (χ3v) is 3.73. The summed E-state index contributed by atoms with van der Waals surface area (Å²) in [4.78, 5) is 12.0. The molecule has 2 aromatic rings. The van der Waals surface area contributed by atoms with E-state index in [2.05, 4.69) is 5.32 Å². The first-order valence-corrected chi connectivity index (χ1v) is 7.11. The number of halogens is 1.